The molecule has 9 heteroatoms. The molecule has 4 rings (SSSR count). The Morgan fingerprint density at radius 2 is 1.97 bits per heavy atom. The first kappa shape index (κ1) is 19.4. The second-order valence-corrected chi connectivity index (χ2v) is 8.09. The van der Waals surface area contributed by atoms with Crippen LogP contribution in [0.5, 0.6) is 11.5 Å². The topological polar surface area (TPSA) is 89.6 Å². The molecule has 0 saturated heterocycles. The lowest BCUT2D eigenvalue weighted by molar-refractivity contribution is -0.116. The molecule has 0 fully saturated rings. The fourth-order valence-electron chi connectivity index (χ4n) is 2.79. The molecule has 2 N–H and O–H groups in total. The maximum absolute atomic E-state index is 12.1. The highest BCUT2D eigenvalue weighted by Crippen LogP contribution is 2.35. The van der Waals surface area contributed by atoms with Crippen molar-refractivity contribution in [3.05, 3.63) is 46.0 Å². The Morgan fingerprint density at radius 1 is 1.10 bits per heavy atom. The minimum absolute atomic E-state index is 0.107. The molecular weight excluding hydrogens is 410 g/mol. The van der Waals surface area contributed by atoms with Gasteiger partial charge < -0.3 is 20.1 Å². The van der Waals surface area contributed by atoms with Gasteiger partial charge in [-0.3, -0.25) is 9.59 Å². The number of hydrogen-bond donors (Lipinski definition) is 2. The average Bonchev–Trinajstić information content (AvgIpc) is 3.43. The zero-order valence-corrected chi connectivity index (χ0v) is 17.1. The summed E-state index contributed by atoms with van der Waals surface area (Å²) >= 11 is 2.76. The van der Waals surface area contributed by atoms with Crippen LogP contribution in [0, 0.1) is 0 Å². The van der Waals surface area contributed by atoms with Crippen LogP contribution in [0.3, 0.4) is 0 Å². The molecule has 0 spiro atoms. The molecule has 0 radical (unpaired) electrons. The first-order valence-corrected chi connectivity index (χ1v) is 10.9. The molecule has 0 unspecified atom stereocenters. The highest BCUT2D eigenvalue weighted by molar-refractivity contribution is 7.14. The third-order valence-electron chi connectivity index (χ3n) is 4.20. The Bertz CT molecular complexity index is 1000. The molecule has 0 atom stereocenters. The predicted molar refractivity (Wildman–Crippen MR) is 113 cm³/mol. The van der Waals surface area contributed by atoms with Crippen molar-refractivity contribution in [2.75, 3.05) is 25.1 Å². The summed E-state index contributed by atoms with van der Waals surface area (Å²) in [5.74, 6) is 1.20. The maximum Gasteiger partial charge on any atom is 0.261 e. The number of rotatable bonds is 7. The van der Waals surface area contributed by atoms with E-state index in [1.54, 1.807) is 6.07 Å². The summed E-state index contributed by atoms with van der Waals surface area (Å²) in [6, 6.07) is 9.29. The predicted octanol–water partition coefficient (Wildman–Crippen LogP) is 3.79. The zero-order chi connectivity index (χ0) is 20.1. The molecule has 2 amide bonds. The number of anilines is 1. The van der Waals surface area contributed by atoms with Gasteiger partial charge in [-0.15, -0.1) is 22.7 Å². The van der Waals surface area contributed by atoms with Crippen LogP contribution in [0.4, 0.5) is 5.13 Å². The number of ether oxygens (including phenoxy) is 2. The lowest BCUT2D eigenvalue weighted by atomic mass is 10.1. The molecule has 0 aliphatic carbocycles. The fourth-order valence-corrected chi connectivity index (χ4v) is 4.17. The van der Waals surface area contributed by atoms with E-state index in [9.17, 15) is 9.59 Å². The molecule has 3 heterocycles. The van der Waals surface area contributed by atoms with Crippen LogP contribution in [0.15, 0.2) is 41.1 Å². The van der Waals surface area contributed by atoms with E-state index >= 15 is 0 Å². The standard InChI is InChI=1S/C20H19N3O4S2/c24-18(4-1-7-21-19(25)17-3-2-10-28-17)23-20-22-14(12-29-20)13-5-6-15-16(11-13)27-9-8-26-15/h2-3,5-6,10-12H,1,4,7-9H2,(H,21,25)(H,22,23,24). The maximum atomic E-state index is 12.1. The summed E-state index contributed by atoms with van der Waals surface area (Å²) in [5.41, 5.74) is 1.67. The Kier molecular flexibility index (Phi) is 6.06. The number of thiophene rings is 1. The Hall–Kier alpha value is -2.91. The van der Waals surface area contributed by atoms with Crippen molar-refractivity contribution in [1.82, 2.24) is 10.3 Å². The summed E-state index contributed by atoms with van der Waals surface area (Å²) in [6.07, 6.45) is 0.868. The van der Waals surface area contributed by atoms with Crippen molar-refractivity contribution >= 4 is 39.6 Å². The van der Waals surface area contributed by atoms with Gasteiger partial charge in [-0.1, -0.05) is 6.07 Å². The van der Waals surface area contributed by atoms with Crippen LogP contribution in [0.2, 0.25) is 0 Å². The minimum atomic E-state index is -0.126. The van der Waals surface area contributed by atoms with Crippen LogP contribution in [-0.2, 0) is 4.79 Å². The van der Waals surface area contributed by atoms with Gasteiger partial charge in [-0.25, -0.2) is 4.98 Å². The van der Waals surface area contributed by atoms with Crippen LogP contribution < -0.4 is 20.1 Å². The van der Waals surface area contributed by atoms with E-state index in [0.717, 1.165) is 17.0 Å². The molecule has 29 heavy (non-hydrogen) atoms. The van der Waals surface area contributed by atoms with E-state index in [1.807, 2.05) is 35.0 Å². The monoisotopic (exact) mass is 429 g/mol. The number of aromatic nitrogens is 1. The highest BCUT2D eigenvalue weighted by Gasteiger charge is 2.14. The van der Waals surface area contributed by atoms with Crippen molar-refractivity contribution in [3.63, 3.8) is 0 Å². The normalized spacial score (nSPS) is 12.4. The summed E-state index contributed by atoms with van der Waals surface area (Å²) < 4.78 is 11.1. The molecule has 150 valence electrons. The Morgan fingerprint density at radius 3 is 2.79 bits per heavy atom. The van der Waals surface area contributed by atoms with Crippen molar-refractivity contribution < 1.29 is 19.1 Å². The molecule has 1 aliphatic heterocycles. The molecular formula is C20H19N3O4S2. The number of hydrogen-bond acceptors (Lipinski definition) is 7. The van der Waals surface area contributed by atoms with Gasteiger partial charge in [-0.05, 0) is 36.1 Å². The largest absolute Gasteiger partial charge is 0.486 e. The number of carbonyl (C=O) groups is 2. The summed E-state index contributed by atoms with van der Waals surface area (Å²) in [7, 11) is 0. The van der Waals surface area contributed by atoms with E-state index in [4.69, 9.17) is 9.47 Å². The molecule has 0 saturated carbocycles. The van der Waals surface area contributed by atoms with Crippen molar-refractivity contribution in [2.24, 2.45) is 0 Å². The molecule has 0 bridgehead atoms. The van der Waals surface area contributed by atoms with E-state index in [-0.39, 0.29) is 11.8 Å². The molecule has 1 aliphatic rings. The van der Waals surface area contributed by atoms with E-state index < -0.39 is 0 Å². The smallest absolute Gasteiger partial charge is 0.261 e. The summed E-state index contributed by atoms with van der Waals surface area (Å²) in [5, 5.41) is 9.92. The van der Waals surface area contributed by atoms with Gasteiger partial charge in [0.1, 0.15) is 13.2 Å². The number of nitrogens with one attached hydrogen (secondary N) is 2. The zero-order valence-electron chi connectivity index (χ0n) is 15.5. The second-order valence-electron chi connectivity index (χ2n) is 6.28. The minimum Gasteiger partial charge on any atom is -0.486 e. The summed E-state index contributed by atoms with van der Waals surface area (Å²) in [4.78, 5) is 29.1. The Balaban J connectivity index is 1.25. The van der Waals surface area contributed by atoms with E-state index in [1.165, 1.54) is 22.7 Å². The quantitative estimate of drug-likeness (QED) is 0.558. The van der Waals surface area contributed by atoms with E-state index in [2.05, 4.69) is 15.6 Å². The van der Waals surface area contributed by atoms with Crippen LogP contribution in [0.1, 0.15) is 22.5 Å². The third kappa shape index (κ3) is 4.93. The fraction of sp³-hybridized carbons (Fsp3) is 0.250. The molecule has 7 nitrogen and oxygen atoms in total. The second kappa shape index (κ2) is 9.06. The highest BCUT2D eigenvalue weighted by atomic mass is 32.1. The van der Waals surface area contributed by atoms with Gasteiger partial charge in [0.2, 0.25) is 5.91 Å². The van der Waals surface area contributed by atoms with Gasteiger partial charge >= 0.3 is 0 Å². The summed E-state index contributed by atoms with van der Waals surface area (Å²) in [6.45, 7) is 1.53. The SMILES string of the molecule is O=C(CCCNC(=O)c1cccs1)Nc1nc(-c2ccc3c(c2)OCCO3)cs1. The molecule has 3 aromatic rings. The average molecular weight is 430 g/mol. The number of carbonyl (C=O) groups excluding carboxylic acids is 2. The van der Waals surface area contributed by atoms with Crippen molar-refractivity contribution in [2.45, 2.75) is 12.8 Å². The lowest BCUT2D eigenvalue weighted by Gasteiger charge is -2.18. The van der Waals surface area contributed by atoms with Crippen LogP contribution in [-0.4, -0.2) is 36.6 Å². The Labute approximate surface area is 175 Å². The first-order valence-electron chi connectivity index (χ1n) is 9.16. The molecule has 1 aromatic carbocycles. The van der Waals surface area contributed by atoms with Gasteiger partial charge in [0.15, 0.2) is 16.6 Å². The van der Waals surface area contributed by atoms with Crippen molar-refractivity contribution in [3.8, 4) is 22.8 Å². The van der Waals surface area contributed by atoms with Gasteiger partial charge in [0, 0.05) is 23.9 Å². The van der Waals surface area contributed by atoms with Crippen LogP contribution in [0.25, 0.3) is 11.3 Å². The van der Waals surface area contributed by atoms with Crippen molar-refractivity contribution in [1.29, 1.82) is 0 Å². The van der Waals surface area contributed by atoms with Gasteiger partial charge in [0.05, 0.1) is 10.6 Å². The third-order valence-corrected chi connectivity index (χ3v) is 5.83. The van der Waals surface area contributed by atoms with Gasteiger partial charge in [0.25, 0.3) is 5.91 Å². The first-order chi connectivity index (χ1) is 14.2. The van der Waals surface area contributed by atoms with Crippen LogP contribution >= 0.6 is 22.7 Å². The number of thiazole rings is 1. The molecule has 2 aromatic heterocycles. The van der Waals surface area contributed by atoms with E-state index in [0.29, 0.717) is 48.4 Å². The number of fused-ring (bicyclic) bond motifs is 1. The number of benzene rings is 1. The number of amides is 2. The number of nitrogens with zero attached hydrogens (tertiary/aromatic N) is 1. The lowest BCUT2D eigenvalue weighted by Crippen LogP contribution is -2.24. The van der Waals surface area contributed by atoms with Gasteiger partial charge in [-0.2, -0.15) is 0 Å².